The van der Waals surface area contributed by atoms with E-state index < -0.39 is 0 Å². The lowest BCUT2D eigenvalue weighted by atomic mass is 10.2. The number of fused-ring (bicyclic) bond motifs is 3. The summed E-state index contributed by atoms with van der Waals surface area (Å²) in [6, 6.07) is 13.7. The first-order chi connectivity index (χ1) is 15.7. The summed E-state index contributed by atoms with van der Waals surface area (Å²) in [5.41, 5.74) is 1.62. The zero-order valence-electron chi connectivity index (χ0n) is 17.7. The summed E-state index contributed by atoms with van der Waals surface area (Å²) in [5, 5.41) is 1.47. The molecule has 0 spiro atoms. The van der Waals surface area contributed by atoms with E-state index in [1.54, 1.807) is 10.8 Å². The highest BCUT2D eigenvalue weighted by Crippen LogP contribution is 2.30. The van der Waals surface area contributed by atoms with Gasteiger partial charge in [0.1, 0.15) is 9.53 Å². The van der Waals surface area contributed by atoms with E-state index in [2.05, 4.69) is 4.98 Å². The fourth-order valence-corrected chi connectivity index (χ4v) is 6.02. The highest BCUT2D eigenvalue weighted by Gasteiger charge is 2.20. The van der Waals surface area contributed by atoms with Gasteiger partial charge in [-0.05, 0) is 30.5 Å². The van der Waals surface area contributed by atoms with Crippen molar-refractivity contribution in [2.45, 2.75) is 37.4 Å². The highest BCUT2D eigenvalue weighted by atomic mass is 32.2. The lowest BCUT2D eigenvalue weighted by molar-refractivity contribution is -0.128. The Morgan fingerprint density at radius 2 is 1.81 bits per heavy atom. The van der Waals surface area contributed by atoms with Crippen LogP contribution < -0.4 is 5.56 Å². The van der Waals surface area contributed by atoms with E-state index in [-0.39, 0.29) is 17.2 Å². The van der Waals surface area contributed by atoms with Gasteiger partial charge in [-0.15, -0.1) is 11.3 Å². The fourth-order valence-electron chi connectivity index (χ4n) is 4.09. The minimum absolute atomic E-state index is 0.0772. The predicted octanol–water partition coefficient (Wildman–Crippen LogP) is 4.55. The van der Waals surface area contributed by atoms with Gasteiger partial charge in [-0.3, -0.25) is 14.2 Å². The molecule has 32 heavy (non-hydrogen) atoms. The summed E-state index contributed by atoms with van der Waals surface area (Å²) >= 11 is 2.74. The normalized spacial score (nSPS) is 14.7. The molecule has 1 amide bonds. The first-order valence-corrected chi connectivity index (χ1v) is 12.7. The number of nitrogens with zero attached hydrogens (tertiary/aromatic N) is 4. The van der Waals surface area contributed by atoms with Gasteiger partial charge in [0.2, 0.25) is 5.91 Å². The van der Waals surface area contributed by atoms with Crippen LogP contribution in [0.2, 0.25) is 0 Å². The molecule has 1 aromatic carbocycles. The number of likely N-dealkylation sites (tertiary alicyclic amines) is 1. The van der Waals surface area contributed by atoms with Crippen molar-refractivity contribution in [3.05, 3.63) is 64.6 Å². The number of benzene rings is 1. The van der Waals surface area contributed by atoms with Crippen LogP contribution in [0.15, 0.2) is 58.6 Å². The highest BCUT2D eigenvalue weighted by molar-refractivity contribution is 7.99. The maximum atomic E-state index is 13.5. The smallest absolute Gasteiger partial charge is 0.272 e. The molecular weight excluding hydrogens is 440 g/mol. The third-order valence-electron chi connectivity index (χ3n) is 5.78. The van der Waals surface area contributed by atoms with Crippen LogP contribution in [0.3, 0.4) is 0 Å². The Morgan fingerprint density at radius 3 is 2.59 bits per heavy atom. The molecule has 164 valence electrons. The average molecular weight is 465 g/mol. The molecule has 8 heteroatoms. The molecule has 0 N–H and O–H groups in total. The largest absolute Gasteiger partial charge is 0.342 e. The third kappa shape index (κ3) is 4.29. The van der Waals surface area contributed by atoms with Crippen LogP contribution in [0, 0.1) is 0 Å². The summed E-state index contributed by atoms with van der Waals surface area (Å²) in [7, 11) is 0. The van der Waals surface area contributed by atoms with Crippen molar-refractivity contribution < 1.29 is 4.79 Å². The van der Waals surface area contributed by atoms with E-state index in [1.165, 1.54) is 35.9 Å². The molecule has 1 aliphatic rings. The van der Waals surface area contributed by atoms with Gasteiger partial charge in [-0.2, -0.15) is 0 Å². The van der Waals surface area contributed by atoms with E-state index in [4.69, 9.17) is 4.98 Å². The third-order valence-corrected chi connectivity index (χ3v) is 7.84. The summed E-state index contributed by atoms with van der Waals surface area (Å²) < 4.78 is 2.31. The monoisotopic (exact) mass is 464 g/mol. The zero-order valence-corrected chi connectivity index (χ0v) is 19.3. The van der Waals surface area contributed by atoms with Crippen molar-refractivity contribution in [1.29, 1.82) is 0 Å². The average Bonchev–Trinajstić information content (AvgIpc) is 2.99. The molecule has 4 aromatic rings. The fraction of sp³-hybridized carbons (Fsp3) is 0.333. The molecule has 1 saturated heterocycles. The summed E-state index contributed by atoms with van der Waals surface area (Å²) in [5.74, 6) is 0.405. The van der Waals surface area contributed by atoms with E-state index >= 15 is 0 Å². The van der Waals surface area contributed by atoms with E-state index in [0.29, 0.717) is 21.9 Å². The molecule has 6 nitrogen and oxygen atoms in total. The molecule has 0 aliphatic carbocycles. The number of thiophene rings is 1. The van der Waals surface area contributed by atoms with Gasteiger partial charge >= 0.3 is 0 Å². The van der Waals surface area contributed by atoms with Gasteiger partial charge in [0, 0.05) is 24.7 Å². The number of carbonyl (C=O) groups is 1. The minimum Gasteiger partial charge on any atom is -0.342 e. The predicted molar refractivity (Wildman–Crippen MR) is 130 cm³/mol. The quantitative estimate of drug-likeness (QED) is 0.320. The van der Waals surface area contributed by atoms with Gasteiger partial charge < -0.3 is 4.90 Å². The lowest BCUT2D eigenvalue weighted by Crippen LogP contribution is -2.33. The van der Waals surface area contributed by atoms with Gasteiger partial charge in [0.05, 0.1) is 17.8 Å². The van der Waals surface area contributed by atoms with Crippen LogP contribution in [-0.2, 0) is 11.3 Å². The Hall–Kier alpha value is -2.71. The Balaban J connectivity index is 1.52. The standard InChI is InChI=1S/C24H24N4O2S2/c29-19(27-13-6-1-2-7-14-27)16-31-24-26-20-18-11-8-12-25-22(18)32-21(20)23(30)28(24)15-17-9-4-3-5-10-17/h3-5,8-12H,1-2,6-7,13-16H2. The van der Waals surface area contributed by atoms with Gasteiger partial charge in [0.25, 0.3) is 5.56 Å². The Morgan fingerprint density at radius 1 is 1.03 bits per heavy atom. The number of hydrogen-bond donors (Lipinski definition) is 0. The number of thioether (sulfide) groups is 1. The van der Waals surface area contributed by atoms with Crippen molar-refractivity contribution >= 4 is 49.4 Å². The first-order valence-electron chi connectivity index (χ1n) is 10.9. The van der Waals surface area contributed by atoms with E-state index in [1.807, 2.05) is 47.4 Å². The molecule has 0 bridgehead atoms. The molecule has 0 atom stereocenters. The molecule has 5 rings (SSSR count). The van der Waals surface area contributed by atoms with Crippen molar-refractivity contribution in [2.75, 3.05) is 18.8 Å². The van der Waals surface area contributed by atoms with Crippen molar-refractivity contribution in [3.8, 4) is 0 Å². The van der Waals surface area contributed by atoms with Gasteiger partial charge in [-0.1, -0.05) is 54.9 Å². The summed E-state index contributed by atoms with van der Waals surface area (Å²) in [6.07, 6.45) is 6.23. The molecule has 1 aliphatic heterocycles. The Labute approximate surface area is 194 Å². The molecule has 4 heterocycles. The van der Waals surface area contributed by atoms with Crippen molar-refractivity contribution in [2.24, 2.45) is 0 Å². The summed E-state index contributed by atoms with van der Waals surface area (Å²) in [4.78, 5) is 38.5. The summed E-state index contributed by atoms with van der Waals surface area (Å²) in [6.45, 7) is 2.07. The van der Waals surface area contributed by atoms with Crippen LogP contribution in [0.25, 0.3) is 20.4 Å². The number of hydrogen-bond acceptors (Lipinski definition) is 6. The zero-order chi connectivity index (χ0) is 21.9. The van der Waals surface area contributed by atoms with E-state index in [0.717, 1.165) is 41.7 Å². The number of carbonyl (C=O) groups excluding carboxylic acids is 1. The topological polar surface area (TPSA) is 68.1 Å². The molecule has 0 unspecified atom stereocenters. The second-order valence-corrected chi connectivity index (χ2v) is 9.93. The van der Waals surface area contributed by atoms with Crippen molar-refractivity contribution in [1.82, 2.24) is 19.4 Å². The first kappa shape index (κ1) is 21.2. The SMILES string of the molecule is O=C(CSc1nc2c(sc3ncccc32)c(=O)n1Cc1ccccc1)N1CCCCCC1. The number of amides is 1. The molecule has 0 radical (unpaired) electrons. The maximum Gasteiger partial charge on any atom is 0.272 e. The second kappa shape index (κ2) is 9.42. The molecule has 3 aromatic heterocycles. The number of aromatic nitrogens is 3. The molecule has 0 saturated carbocycles. The lowest BCUT2D eigenvalue weighted by Gasteiger charge is -2.20. The maximum absolute atomic E-state index is 13.5. The second-order valence-electron chi connectivity index (χ2n) is 7.99. The van der Waals surface area contributed by atoms with Crippen LogP contribution in [-0.4, -0.2) is 44.2 Å². The minimum atomic E-state index is -0.0772. The van der Waals surface area contributed by atoms with Crippen LogP contribution >= 0.6 is 23.1 Å². The number of rotatable bonds is 5. The van der Waals surface area contributed by atoms with E-state index in [9.17, 15) is 9.59 Å². The van der Waals surface area contributed by atoms with Crippen LogP contribution in [0.4, 0.5) is 0 Å². The molecule has 1 fully saturated rings. The van der Waals surface area contributed by atoms with Crippen LogP contribution in [0.1, 0.15) is 31.2 Å². The Kier molecular flexibility index (Phi) is 6.23. The molecular formula is C24H24N4O2S2. The Bertz CT molecular complexity index is 1310. The van der Waals surface area contributed by atoms with Gasteiger partial charge in [0.15, 0.2) is 5.16 Å². The van der Waals surface area contributed by atoms with Crippen LogP contribution in [0.5, 0.6) is 0 Å². The van der Waals surface area contributed by atoms with Crippen molar-refractivity contribution in [3.63, 3.8) is 0 Å². The number of pyridine rings is 1. The van der Waals surface area contributed by atoms with Gasteiger partial charge in [-0.25, -0.2) is 9.97 Å².